The summed E-state index contributed by atoms with van der Waals surface area (Å²) in [6, 6.07) is 3.44. The fourth-order valence-corrected chi connectivity index (χ4v) is 2.33. The summed E-state index contributed by atoms with van der Waals surface area (Å²) in [6.45, 7) is -2.68. The maximum absolute atomic E-state index is 12.1. The van der Waals surface area contributed by atoms with Crippen molar-refractivity contribution in [3.63, 3.8) is 0 Å². The van der Waals surface area contributed by atoms with Crippen molar-refractivity contribution in [1.29, 1.82) is 0 Å². The third kappa shape index (κ3) is 4.64. The van der Waals surface area contributed by atoms with Crippen LogP contribution in [-0.4, -0.2) is 47.1 Å². The van der Waals surface area contributed by atoms with Crippen molar-refractivity contribution >= 4 is 17.9 Å². The van der Waals surface area contributed by atoms with Crippen molar-refractivity contribution in [2.45, 2.75) is 31.9 Å². The predicted octanol–water partition coefficient (Wildman–Crippen LogP) is 1.62. The Kier molecular flexibility index (Phi) is 5.67. The van der Waals surface area contributed by atoms with E-state index in [0.29, 0.717) is 12.0 Å². The lowest BCUT2D eigenvalue weighted by Crippen LogP contribution is -2.49. The number of imide groups is 1. The zero-order chi connectivity index (χ0) is 17.7. The Labute approximate surface area is 136 Å². The second kappa shape index (κ2) is 7.71. The summed E-state index contributed by atoms with van der Waals surface area (Å²) in [5.41, 5.74) is 0.511. The summed E-state index contributed by atoms with van der Waals surface area (Å²) in [7, 11) is 0. The molecule has 0 aromatic heterocycles. The molecule has 1 aromatic rings. The zero-order valence-corrected chi connectivity index (χ0v) is 12.6. The normalized spacial score (nSPS) is 15.5. The van der Waals surface area contributed by atoms with Gasteiger partial charge in [0.2, 0.25) is 5.91 Å². The first kappa shape index (κ1) is 17.6. The van der Waals surface area contributed by atoms with E-state index >= 15 is 0 Å². The van der Waals surface area contributed by atoms with Crippen LogP contribution in [0.25, 0.3) is 0 Å². The lowest BCUT2D eigenvalue weighted by Gasteiger charge is -2.19. The molecule has 1 saturated heterocycles. The molecule has 3 amide bonds. The number of amides is 3. The smallest absolute Gasteiger partial charge is 0.387 e. The second-order valence-corrected chi connectivity index (χ2v) is 5.22. The van der Waals surface area contributed by atoms with Crippen LogP contribution in [0.3, 0.4) is 0 Å². The first-order valence-corrected chi connectivity index (χ1v) is 7.24. The molecule has 130 valence electrons. The molecule has 0 saturated carbocycles. The molecule has 1 aromatic carbocycles. The Morgan fingerprint density at radius 3 is 2.46 bits per heavy atom. The highest BCUT2D eigenvalue weighted by Gasteiger charge is 2.29. The van der Waals surface area contributed by atoms with E-state index in [-0.39, 0.29) is 31.0 Å². The van der Waals surface area contributed by atoms with Crippen molar-refractivity contribution in [2.75, 3.05) is 6.54 Å². The number of carbonyl (C=O) groups is 3. The number of carboxylic acid groups (broad SMARTS) is 1. The lowest BCUT2D eigenvalue weighted by atomic mass is 10.1. The third-order valence-corrected chi connectivity index (χ3v) is 3.50. The van der Waals surface area contributed by atoms with Crippen LogP contribution in [0.4, 0.5) is 13.6 Å². The van der Waals surface area contributed by atoms with Crippen molar-refractivity contribution in [3.05, 3.63) is 29.8 Å². The van der Waals surface area contributed by atoms with Gasteiger partial charge >= 0.3 is 18.6 Å². The van der Waals surface area contributed by atoms with Crippen LogP contribution in [0.1, 0.15) is 18.4 Å². The van der Waals surface area contributed by atoms with Crippen LogP contribution in [0.2, 0.25) is 0 Å². The van der Waals surface area contributed by atoms with Crippen LogP contribution in [0, 0.1) is 0 Å². The maximum atomic E-state index is 12.1. The van der Waals surface area contributed by atoms with Crippen molar-refractivity contribution < 1.29 is 33.0 Å². The monoisotopic (exact) mass is 342 g/mol. The van der Waals surface area contributed by atoms with E-state index in [2.05, 4.69) is 10.1 Å². The molecule has 0 bridgehead atoms. The van der Waals surface area contributed by atoms with Gasteiger partial charge in [-0.2, -0.15) is 8.78 Å². The highest BCUT2D eigenvalue weighted by molar-refractivity contribution is 5.97. The van der Waals surface area contributed by atoms with Gasteiger partial charge in [0.05, 0.1) is 0 Å². The van der Waals surface area contributed by atoms with Crippen molar-refractivity contribution in [1.82, 2.24) is 10.2 Å². The minimum atomic E-state index is -2.94. The first-order chi connectivity index (χ1) is 11.4. The molecule has 2 N–H and O–H groups in total. The molecule has 0 spiro atoms. The van der Waals surface area contributed by atoms with Gasteiger partial charge in [-0.1, -0.05) is 12.1 Å². The van der Waals surface area contributed by atoms with Gasteiger partial charge < -0.3 is 15.2 Å². The molecule has 7 nitrogen and oxygen atoms in total. The number of ether oxygens (including phenoxy) is 1. The number of hydrogen-bond donors (Lipinski definition) is 2. The largest absolute Gasteiger partial charge is 0.480 e. The topological polar surface area (TPSA) is 95.9 Å². The van der Waals surface area contributed by atoms with E-state index < -0.39 is 24.7 Å². The summed E-state index contributed by atoms with van der Waals surface area (Å²) in [6.07, 6.45) is 0.754. The van der Waals surface area contributed by atoms with E-state index in [1.165, 1.54) is 24.3 Å². The number of alkyl halides is 2. The number of nitrogens with zero attached hydrogens (tertiary/aromatic N) is 1. The Bertz CT molecular complexity index is 621. The molecule has 1 aliphatic heterocycles. The average molecular weight is 342 g/mol. The summed E-state index contributed by atoms with van der Waals surface area (Å²) >= 11 is 0. The minimum Gasteiger partial charge on any atom is -0.480 e. The molecule has 2 rings (SSSR count). The molecule has 0 aliphatic carbocycles. The molecule has 1 atom stereocenters. The van der Waals surface area contributed by atoms with Crippen LogP contribution >= 0.6 is 0 Å². The zero-order valence-electron chi connectivity index (χ0n) is 12.6. The van der Waals surface area contributed by atoms with E-state index in [1.807, 2.05) is 0 Å². The average Bonchev–Trinajstić information content (AvgIpc) is 2.94. The van der Waals surface area contributed by atoms with E-state index in [1.54, 1.807) is 0 Å². The molecular weight excluding hydrogens is 326 g/mol. The van der Waals surface area contributed by atoms with Gasteiger partial charge in [0.1, 0.15) is 11.8 Å². The number of benzene rings is 1. The SMILES string of the molecule is O=C(O)[C@H](Cc1ccc(OC(F)F)cc1)NC(=O)N1CCCC1=O. The summed E-state index contributed by atoms with van der Waals surface area (Å²) in [4.78, 5) is 35.7. The van der Waals surface area contributed by atoms with Crippen LogP contribution in [-0.2, 0) is 16.0 Å². The molecule has 1 heterocycles. The van der Waals surface area contributed by atoms with Gasteiger partial charge in [-0.3, -0.25) is 9.69 Å². The van der Waals surface area contributed by atoms with Crippen molar-refractivity contribution in [3.8, 4) is 5.75 Å². The van der Waals surface area contributed by atoms with Gasteiger partial charge in [0, 0.05) is 19.4 Å². The van der Waals surface area contributed by atoms with E-state index in [4.69, 9.17) is 0 Å². The molecule has 1 fully saturated rings. The third-order valence-electron chi connectivity index (χ3n) is 3.50. The molecule has 9 heteroatoms. The fraction of sp³-hybridized carbons (Fsp3) is 0.400. The number of nitrogens with one attached hydrogen (secondary N) is 1. The maximum Gasteiger partial charge on any atom is 0.387 e. The Hall–Kier alpha value is -2.71. The number of aliphatic carboxylic acids is 1. The first-order valence-electron chi connectivity index (χ1n) is 7.24. The van der Waals surface area contributed by atoms with Gasteiger partial charge in [-0.05, 0) is 24.1 Å². The van der Waals surface area contributed by atoms with Gasteiger partial charge in [0.25, 0.3) is 0 Å². The van der Waals surface area contributed by atoms with Gasteiger partial charge in [-0.15, -0.1) is 0 Å². The Morgan fingerprint density at radius 1 is 1.29 bits per heavy atom. The van der Waals surface area contributed by atoms with Gasteiger partial charge in [0.15, 0.2) is 0 Å². The second-order valence-electron chi connectivity index (χ2n) is 5.22. The highest BCUT2D eigenvalue weighted by atomic mass is 19.3. The summed E-state index contributed by atoms with van der Waals surface area (Å²) in [5, 5.41) is 11.5. The Morgan fingerprint density at radius 2 is 1.96 bits per heavy atom. The predicted molar refractivity (Wildman–Crippen MR) is 77.7 cm³/mol. The molecule has 0 unspecified atom stereocenters. The van der Waals surface area contributed by atoms with Crippen LogP contribution in [0.5, 0.6) is 5.75 Å². The standard InChI is InChI=1S/C15H16F2N2O5/c16-14(17)24-10-5-3-9(4-6-10)8-11(13(21)22)18-15(23)19-7-1-2-12(19)20/h3-6,11,14H,1-2,7-8H2,(H,18,23)(H,21,22)/t11-/m0/s1. The molecule has 0 radical (unpaired) electrons. The number of rotatable bonds is 6. The molecule has 24 heavy (non-hydrogen) atoms. The number of halogens is 2. The van der Waals surface area contributed by atoms with E-state index in [9.17, 15) is 28.3 Å². The Balaban J connectivity index is 1.99. The fourth-order valence-electron chi connectivity index (χ4n) is 2.33. The van der Waals surface area contributed by atoms with E-state index in [0.717, 1.165) is 4.90 Å². The number of carboxylic acids is 1. The number of carbonyl (C=O) groups excluding carboxylic acids is 2. The van der Waals surface area contributed by atoms with Crippen LogP contribution < -0.4 is 10.1 Å². The minimum absolute atomic E-state index is 0.0488. The summed E-state index contributed by atoms with van der Waals surface area (Å²) < 4.78 is 28.4. The van der Waals surface area contributed by atoms with Crippen molar-refractivity contribution in [2.24, 2.45) is 0 Å². The quantitative estimate of drug-likeness (QED) is 0.819. The number of hydrogen-bond acceptors (Lipinski definition) is 4. The highest BCUT2D eigenvalue weighted by Crippen LogP contribution is 2.16. The lowest BCUT2D eigenvalue weighted by molar-refractivity contribution is -0.139. The number of urea groups is 1. The van der Waals surface area contributed by atoms with Crippen LogP contribution in [0.15, 0.2) is 24.3 Å². The molecular formula is C15H16F2N2O5. The van der Waals surface area contributed by atoms with Gasteiger partial charge in [-0.25, -0.2) is 9.59 Å². The summed E-state index contributed by atoms with van der Waals surface area (Å²) in [5.74, 6) is -1.65. The number of likely N-dealkylation sites (tertiary alicyclic amines) is 1. The molecule has 1 aliphatic rings.